The van der Waals surface area contributed by atoms with Gasteiger partial charge in [-0.15, -0.1) is 0 Å². The van der Waals surface area contributed by atoms with Crippen molar-refractivity contribution in [2.75, 3.05) is 39.3 Å². The molecule has 24 heavy (non-hydrogen) atoms. The number of nitrogens with zero attached hydrogens (tertiary/aromatic N) is 2. The molecule has 0 amide bonds. The number of halogens is 1. The Labute approximate surface area is 142 Å². The molecule has 3 fully saturated rings. The highest BCUT2D eigenvalue weighted by Crippen LogP contribution is 2.37. The molecule has 3 saturated heterocycles. The third-order valence-electron chi connectivity index (χ3n) is 5.55. The number of rotatable bonds is 4. The summed E-state index contributed by atoms with van der Waals surface area (Å²) in [5.74, 6) is 0.239. The average Bonchev–Trinajstić information content (AvgIpc) is 3.27. The molecule has 3 aliphatic rings. The lowest BCUT2D eigenvalue weighted by Crippen LogP contribution is -2.34. The highest BCUT2D eigenvalue weighted by molar-refractivity contribution is 7.89. The maximum absolute atomic E-state index is 13.1. The van der Waals surface area contributed by atoms with E-state index in [0.29, 0.717) is 19.0 Å². The zero-order valence-electron chi connectivity index (χ0n) is 13.6. The van der Waals surface area contributed by atoms with Crippen LogP contribution in [0.5, 0.6) is 0 Å². The fourth-order valence-corrected chi connectivity index (χ4v) is 5.69. The monoisotopic (exact) mass is 354 g/mol. The summed E-state index contributed by atoms with van der Waals surface area (Å²) in [7, 11) is -3.58. The minimum absolute atomic E-state index is 0.00664. The zero-order chi connectivity index (χ0) is 16.7. The van der Waals surface area contributed by atoms with Gasteiger partial charge in [0.25, 0.3) is 0 Å². The maximum Gasteiger partial charge on any atom is 0.243 e. The van der Waals surface area contributed by atoms with Gasteiger partial charge >= 0.3 is 0 Å². The summed E-state index contributed by atoms with van der Waals surface area (Å²) in [6, 6.07) is 5.05. The maximum atomic E-state index is 13.1. The molecule has 5 nitrogen and oxygen atoms in total. The van der Waals surface area contributed by atoms with E-state index in [1.165, 1.54) is 41.4 Å². The van der Waals surface area contributed by atoms with Gasteiger partial charge in [0.2, 0.25) is 10.0 Å². The zero-order valence-corrected chi connectivity index (χ0v) is 14.4. The highest BCUT2D eigenvalue weighted by atomic mass is 32.2. The molecule has 132 valence electrons. The first-order valence-electron chi connectivity index (χ1n) is 8.64. The summed E-state index contributed by atoms with van der Waals surface area (Å²) in [6.45, 7) is 4.93. The fourth-order valence-electron chi connectivity index (χ4n) is 4.20. The molecule has 0 unspecified atom stereocenters. The smallest absolute Gasteiger partial charge is 0.243 e. The molecule has 0 aromatic heterocycles. The van der Waals surface area contributed by atoms with Gasteiger partial charge in [-0.3, -0.25) is 0 Å². The van der Waals surface area contributed by atoms with Crippen molar-refractivity contribution >= 4 is 10.0 Å². The Morgan fingerprint density at radius 3 is 2.54 bits per heavy atom. The van der Waals surface area contributed by atoms with Crippen molar-refractivity contribution in [2.24, 2.45) is 11.8 Å². The Morgan fingerprint density at radius 1 is 1.12 bits per heavy atom. The summed E-state index contributed by atoms with van der Waals surface area (Å²) in [6.07, 6.45) is 2.51. The van der Waals surface area contributed by atoms with E-state index >= 15 is 0 Å². The fraction of sp³-hybridized carbons (Fsp3) is 0.647. The van der Waals surface area contributed by atoms with E-state index in [9.17, 15) is 12.8 Å². The molecular weight excluding hydrogens is 331 g/mol. The largest absolute Gasteiger partial charge is 0.376 e. The molecule has 3 heterocycles. The third-order valence-corrected chi connectivity index (χ3v) is 7.39. The van der Waals surface area contributed by atoms with Crippen LogP contribution >= 0.6 is 0 Å². The van der Waals surface area contributed by atoms with Gasteiger partial charge in [-0.05, 0) is 50.2 Å². The van der Waals surface area contributed by atoms with Gasteiger partial charge in [0.1, 0.15) is 5.82 Å². The number of hydrogen-bond acceptors (Lipinski definition) is 4. The molecule has 0 aliphatic carbocycles. The van der Waals surface area contributed by atoms with Crippen LogP contribution in [-0.4, -0.2) is 63.1 Å². The molecule has 0 spiro atoms. The van der Waals surface area contributed by atoms with Crippen molar-refractivity contribution in [3.8, 4) is 0 Å². The number of hydrogen-bond donors (Lipinski definition) is 0. The standard InChI is InChI=1S/C17H23FN2O3S/c18-14-3-5-15(6-4-14)24(21,22)20-10-16-13(12-23-17(16)11-20)9-19-7-1-2-8-19/h3-6,13,16-17H,1-2,7-12H2/t13-,16-,17-/m0/s1. The normalized spacial score (nSPS) is 31.6. The molecule has 3 aliphatic heterocycles. The molecule has 3 atom stereocenters. The van der Waals surface area contributed by atoms with Crippen molar-refractivity contribution in [2.45, 2.75) is 23.8 Å². The van der Waals surface area contributed by atoms with Gasteiger partial charge < -0.3 is 9.64 Å². The van der Waals surface area contributed by atoms with E-state index in [-0.39, 0.29) is 16.9 Å². The van der Waals surface area contributed by atoms with Crippen molar-refractivity contribution in [3.05, 3.63) is 30.1 Å². The Kier molecular flexibility index (Phi) is 4.36. The van der Waals surface area contributed by atoms with Crippen molar-refractivity contribution in [1.29, 1.82) is 0 Å². The second kappa shape index (κ2) is 6.37. The van der Waals surface area contributed by atoms with E-state index in [4.69, 9.17) is 4.74 Å². The van der Waals surface area contributed by atoms with E-state index in [0.717, 1.165) is 26.2 Å². The summed E-state index contributed by atoms with van der Waals surface area (Å²) in [5, 5.41) is 0. The molecule has 0 saturated carbocycles. The molecule has 4 rings (SSSR count). The lowest BCUT2D eigenvalue weighted by Gasteiger charge is -2.23. The summed E-state index contributed by atoms with van der Waals surface area (Å²) in [5.41, 5.74) is 0. The minimum atomic E-state index is -3.58. The van der Waals surface area contributed by atoms with Gasteiger partial charge in [-0.25, -0.2) is 12.8 Å². The lowest BCUT2D eigenvalue weighted by molar-refractivity contribution is 0.101. The first kappa shape index (κ1) is 16.4. The van der Waals surface area contributed by atoms with Gasteiger partial charge in [-0.2, -0.15) is 4.31 Å². The van der Waals surface area contributed by atoms with E-state index in [1.807, 2.05) is 0 Å². The number of benzene rings is 1. The number of likely N-dealkylation sites (tertiary alicyclic amines) is 1. The van der Waals surface area contributed by atoms with Gasteiger partial charge in [0.05, 0.1) is 17.6 Å². The molecule has 0 N–H and O–H groups in total. The second-order valence-corrected chi connectivity index (χ2v) is 9.02. The Morgan fingerprint density at radius 2 is 1.83 bits per heavy atom. The lowest BCUT2D eigenvalue weighted by atomic mass is 9.93. The summed E-state index contributed by atoms with van der Waals surface area (Å²) >= 11 is 0. The van der Waals surface area contributed by atoms with Crippen LogP contribution in [0.4, 0.5) is 4.39 Å². The second-order valence-electron chi connectivity index (χ2n) is 7.08. The first-order valence-corrected chi connectivity index (χ1v) is 10.1. The Bertz CT molecular complexity index is 688. The van der Waals surface area contributed by atoms with Crippen LogP contribution < -0.4 is 0 Å². The van der Waals surface area contributed by atoms with Gasteiger partial charge in [0, 0.05) is 31.5 Å². The Hall–Kier alpha value is -1.02. The molecule has 1 aromatic carbocycles. The van der Waals surface area contributed by atoms with Gasteiger partial charge in [0.15, 0.2) is 0 Å². The molecule has 0 bridgehead atoms. The predicted molar refractivity (Wildman–Crippen MR) is 87.6 cm³/mol. The van der Waals surface area contributed by atoms with Crippen molar-refractivity contribution < 1.29 is 17.5 Å². The van der Waals surface area contributed by atoms with Crippen molar-refractivity contribution in [1.82, 2.24) is 9.21 Å². The predicted octanol–water partition coefficient (Wildman–Crippen LogP) is 1.56. The topological polar surface area (TPSA) is 49.9 Å². The van der Waals surface area contributed by atoms with Crippen LogP contribution in [0.3, 0.4) is 0 Å². The highest BCUT2D eigenvalue weighted by Gasteiger charge is 2.47. The molecule has 1 aromatic rings. The summed E-state index contributed by atoms with van der Waals surface area (Å²) < 4.78 is 46.0. The average molecular weight is 354 g/mol. The minimum Gasteiger partial charge on any atom is -0.376 e. The van der Waals surface area contributed by atoms with Crippen LogP contribution in [0.2, 0.25) is 0 Å². The van der Waals surface area contributed by atoms with Crippen LogP contribution in [0, 0.1) is 17.7 Å². The number of sulfonamides is 1. The number of ether oxygens (including phenoxy) is 1. The first-order chi connectivity index (χ1) is 11.5. The number of fused-ring (bicyclic) bond motifs is 1. The summed E-state index contributed by atoms with van der Waals surface area (Å²) in [4.78, 5) is 2.62. The molecule has 0 radical (unpaired) electrons. The van der Waals surface area contributed by atoms with Crippen LogP contribution in [0.25, 0.3) is 0 Å². The third kappa shape index (κ3) is 2.98. The molecule has 7 heteroatoms. The van der Waals surface area contributed by atoms with E-state index < -0.39 is 15.8 Å². The van der Waals surface area contributed by atoms with Gasteiger partial charge in [-0.1, -0.05) is 0 Å². The van der Waals surface area contributed by atoms with Crippen LogP contribution in [0.1, 0.15) is 12.8 Å². The SMILES string of the molecule is O=S(=O)(c1ccc(F)cc1)N1C[C@H]2[C@@H](CN3CCCC3)CO[C@H]2C1. The van der Waals surface area contributed by atoms with E-state index in [1.54, 1.807) is 0 Å². The quantitative estimate of drug-likeness (QED) is 0.823. The molecular formula is C17H23FN2O3S. The van der Waals surface area contributed by atoms with E-state index in [2.05, 4.69) is 4.90 Å². The van der Waals surface area contributed by atoms with Crippen molar-refractivity contribution in [3.63, 3.8) is 0 Å². The van der Waals surface area contributed by atoms with Crippen LogP contribution in [-0.2, 0) is 14.8 Å². The Balaban J connectivity index is 1.46. The van der Waals surface area contributed by atoms with Crippen LogP contribution in [0.15, 0.2) is 29.2 Å².